The van der Waals surface area contributed by atoms with Gasteiger partial charge < -0.3 is 15.7 Å². The van der Waals surface area contributed by atoms with Gasteiger partial charge in [0.1, 0.15) is 12.9 Å². The Morgan fingerprint density at radius 2 is 1.50 bits per heavy atom. The van der Waals surface area contributed by atoms with Crippen LogP contribution in [0.15, 0.2) is 65.7 Å². The molecular weight excluding hydrogens is 298 g/mol. The Labute approximate surface area is 146 Å². The van der Waals surface area contributed by atoms with Crippen molar-refractivity contribution in [2.45, 2.75) is 33.9 Å². The minimum Gasteiger partial charge on any atom is -0.374 e. The number of hydrogen-bond acceptors (Lipinski definition) is 3. The lowest BCUT2D eigenvalue weighted by molar-refractivity contribution is 0.302. The minimum atomic E-state index is -0.235. The zero-order valence-corrected chi connectivity index (χ0v) is 15.5. The standard InChI is InChI=1S/C11H17N3O.C7H8.C2H6/c1-9(13-8-15)14(2)11(12)10-6-4-3-5-7-10;1-7-5-3-2-4-6-7;1-2/h3-7,11,15H,8,12H2,1-2H3;2-6H,1H3;1-2H3/b13-9-;;. The highest BCUT2D eigenvalue weighted by molar-refractivity contribution is 5.79. The Bertz CT molecular complexity index is 556. The molecule has 0 spiro atoms. The molecule has 0 aliphatic rings. The van der Waals surface area contributed by atoms with Crippen molar-refractivity contribution in [3.05, 3.63) is 71.8 Å². The van der Waals surface area contributed by atoms with Crippen molar-refractivity contribution in [3.63, 3.8) is 0 Å². The Morgan fingerprint density at radius 3 is 1.88 bits per heavy atom. The average Bonchev–Trinajstić information content (AvgIpc) is 2.64. The van der Waals surface area contributed by atoms with Crippen molar-refractivity contribution in [3.8, 4) is 0 Å². The molecular formula is C20H31N3O. The van der Waals surface area contributed by atoms with Gasteiger partial charge in [-0.3, -0.25) is 0 Å². The van der Waals surface area contributed by atoms with Crippen molar-refractivity contribution in [2.24, 2.45) is 10.7 Å². The van der Waals surface area contributed by atoms with Gasteiger partial charge in [-0.05, 0) is 19.4 Å². The molecule has 0 aromatic heterocycles. The first-order valence-electron chi connectivity index (χ1n) is 8.23. The highest BCUT2D eigenvalue weighted by Crippen LogP contribution is 2.13. The average molecular weight is 329 g/mol. The second-order valence-electron chi connectivity index (χ2n) is 4.97. The van der Waals surface area contributed by atoms with Gasteiger partial charge in [0.25, 0.3) is 0 Å². The maximum absolute atomic E-state index is 8.68. The van der Waals surface area contributed by atoms with Gasteiger partial charge in [0.05, 0.1) is 5.84 Å². The summed E-state index contributed by atoms with van der Waals surface area (Å²) < 4.78 is 0. The van der Waals surface area contributed by atoms with Crippen molar-refractivity contribution in [2.75, 3.05) is 13.8 Å². The molecule has 1 atom stereocenters. The van der Waals surface area contributed by atoms with Crippen molar-refractivity contribution < 1.29 is 5.11 Å². The number of aliphatic imine (C=N–C) groups is 1. The van der Waals surface area contributed by atoms with Gasteiger partial charge in [-0.25, -0.2) is 4.99 Å². The third-order valence-corrected chi connectivity index (χ3v) is 3.31. The predicted octanol–water partition coefficient (Wildman–Crippen LogP) is 3.97. The van der Waals surface area contributed by atoms with Crippen LogP contribution in [0.3, 0.4) is 0 Å². The number of rotatable bonds is 3. The first kappa shape index (κ1) is 21.8. The van der Waals surface area contributed by atoms with Crippen LogP contribution in [0.4, 0.5) is 0 Å². The Hall–Kier alpha value is -2.17. The van der Waals surface area contributed by atoms with Crippen LogP contribution in [-0.4, -0.2) is 29.6 Å². The van der Waals surface area contributed by atoms with E-state index >= 15 is 0 Å². The van der Waals surface area contributed by atoms with Crippen LogP contribution in [0.2, 0.25) is 0 Å². The largest absolute Gasteiger partial charge is 0.374 e. The Balaban J connectivity index is 0.000000488. The maximum Gasteiger partial charge on any atom is 0.136 e. The molecule has 4 nitrogen and oxygen atoms in total. The van der Waals surface area contributed by atoms with E-state index in [1.54, 1.807) is 0 Å². The molecule has 0 saturated heterocycles. The monoisotopic (exact) mass is 329 g/mol. The van der Waals surface area contributed by atoms with E-state index in [0.29, 0.717) is 5.84 Å². The number of benzene rings is 2. The number of aliphatic hydroxyl groups excluding tert-OH is 1. The lowest BCUT2D eigenvalue weighted by Gasteiger charge is -2.26. The molecule has 132 valence electrons. The summed E-state index contributed by atoms with van der Waals surface area (Å²) in [5.41, 5.74) is 8.38. The first-order valence-corrected chi connectivity index (χ1v) is 8.23. The summed E-state index contributed by atoms with van der Waals surface area (Å²) in [6.07, 6.45) is -0.235. The second-order valence-corrected chi connectivity index (χ2v) is 4.97. The molecule has 2 aromatic carbocycles. The van der Waals surface area contributed by atoms with E-state index in [1.807, 2.05) is 81.2 Å². The lowest BCUT2D eigenvalue weighted by atomic mass is 10.1. The van der Waals surface area contributed by atoms with Gasteiger partial charge in [-0.15, -0.1) is 0 Å². The van der Waals surface area contributed by atoms with Crippen molar-refractivity contribution in [1.82, 2.24) is 4.90 Å². The van der Waals surface area contributed by atoms with Crippen LogP contribution in [0.5, 0.6) is 0 Å². The molecule has 2 aromatic rings. The number of nitrogens with two attached hydrogens (primary N) is 1. The molecule has 0 saturated carbocycles. The zero-order chi connectivity index (χ0) is 18.4. The summed E-state index contributed by atoms with van der Waals surface area (Å²) in [7, 11) is 1.85. The normalized spacial score (nSPS) is 11.4. The van der Waals surface area contributed by atoms with Gasteiger partial charge >= 0.3 is 0 Å². The molecule has 0 heterocycles. The summed E-state index contributed by atoms with van der Waals surface area (Å²) in [5.74, 6) is 0.717. The van der Waals surface area contributed by atoms with Gasteiger partial charge in [0.15, 0.2) is 0 Å². The Kier molecular flexibility index (Phi) is 12.1. The van der Waals surface area contributed by atoms with E-state index in [2.05, 4.69) is 24.0 Å². The smallest absolute Gasteiger partial charge is 0.136 e. The maximum atomic E-state index is 8.68. The molecule has 2 rings (SSSR count). The molecule has 0 amide bonds. The summed E-state index contributed by atoms with van der Waals surface area (Å²) in [4.78, 5) is 5.71. The number of aliphatic hydroxyl groups is 1. The number of hydrogen-bond donors (Lipinski definition) is 2. The van der Waals surface area contributed by atoms with Crippen LogP contribution >= 0.6 is 0 Å². The molecule has 0 bridgehead atoms. The second kappa shape index (κ2) is 13.3. The molecule has 0 aliphatic carbocycles. The summed E-state index contributed by atoms with van der Waals surface area (Å²) in [5, 5.41) is 8.68. The third-order valence-electron chi connectivity index (χ3n) is 3.31. The topological polar surface area (TPSA) is 61.9 Å². The van der Waals surface area contributed by atoms with Crippen LogP contribution < -0.4 is 5.73 Å². The number of nitrogens with zero attached hydrogens (tertiary/aromatic N) is 2. The van der Waals surface area contributed by atoms with Crippen LogP contribution in [0.25, 0.3) is 0 Å². The molecule has 3 N–H and O–H groups in total. The van der Waals surface area contributed by atoms with Gasteiger partial charge in [-0.2, -0.15) is 0 Å². The molecule has 4 heteroatoms. The van der Waals surface area contributed by atoms with Crippen molar-refractivity contribution >= 4 is 5.84 Å². The summed E-state index contributed by atoms with van der Waals surface area (Å²) in [6.45, 7) is 7.69. The fourth-order valence-corrected chi connectivity index (χ4v) is 1.82. The van der Waals surface area contributed by atoms with Gasteiger partial charge in [-0.1, -0.05) is 80.1 Å². The summed E-state index contributed by atoms with van der Waals surface area (Å²) >= 11 is 0. The highest BCUT2D eigenvalue weighted by atomic mass is 16.3. The Morgan fingerprint density at radius 1 is 1.04 bits per heavy atom. The minimum absolute atomic E-state index is 0.211. The zero-order valence-electron chi connectivity index (χ0n) is 15.5. The van der Waals surface area contributed by atoms with E-state index in [9.17, 15) is 0 Å². The molecule has 0 aliphatic heterocycles. The fourth-order valence-electron chi connectivity index (χ4n) is 1.82. The molecule has 0 fully saturated rings. The van der Waals surface area contributed by atoms with E-state index < -0.39 is 0 Å². The fraction of sp³-hybridized carbons (Fsp3) is 0.350. The highest BCUT2D eigenvalue weighted by Gasteiger charge is 2.12. The van der Waals surface area contributed by atoms with E-state index in [-0.39, 0.29) is 12.9 Å². The van der Waals surface area contributed by atoms with E-state index in [4.69, 9.17) is 10.8 Å². The van der Waals surface area contributed by atoms with Crippen LogP contribution in [0.1, 0.15) is 38.1 Å². The van der Waals surface area contributed by atoms with Crippen LogP contribution in [0, 0.1) is 6.92 Å². The quantitative estimate of drug-likeness (QED) is 0.509. The van der Waals surface area contributed by atoms with Gasteiger partial charge in [0.2, 0.25) is 0 Å². The predicted molar refractivity (Wildman–Crippen MR) is 104 cm³/mol. The van der Waals surface area contributed by atoms with Gasteiger partial charge in [0, 0.05) is 7.05 Å². The summed E-state index contributed by atoms with van der Waals surface area (Å²) in [6, 6.07) is 20.0. The number of aryl methyl sites for hydroxylation is 1. The van der Waals surface area contributed by atoms with E-state index in [1.165, 1.54) is 5.56 Å². The first-order chi connectivity index (χ1) is 11.6. The molecule has 0 radical (unpaired) electrons. The van der Waals surface area contributed by atoms with E-state index in [0.717, 1.165) is 5.56 Å². The molecule has 24 heavy (non-hydrogen) atoms. The van der Waals surface area contributed by atoms with Crippen LogP contribution in [-0.2, 0) is 0 Å². The third kappa shape index (κ3) is 8.46. The van der Waals surface area contributed by atoms with Crippen molar-refractivity contribution in [1.29, 1.82) is 0 Å². The molecule has 1 unspecified atom stereocenters. The lowest BCUT2D eigenvalue weighted by Crippen LogP contribution is -2.35. The SMILES string of the molecule is C/C(=N/CO)N(C)C(N)c1ccccc1.CC.Cc1ccccc1. The number of amidine groups is 1.